The molecular weight excluding hydrogens is 234 g/mol. The summed E-state index contributed by atoms with van der Waals surface area (Å²) in [4.78, 5) is 7.46. The van der Waals surface area contributed by atoms with Crippen LogP contribution >= 0.6 is 0 Å². The lowest BCUT2D eigenvalue weighted by atomic mass is 9.94. The van der Waals surface area contributed by atoms with Gasteiger partial charge in [-0.3, -0.25) is 0 Å². The molecule has 0 saturated carbocycles. The normalized spacial score (nSPS) is 28.3. The molecule has 0 aliphatic carbocycles. The van der Waals surface area contributed by atoms with Crippen molar-refractivity contribution in [1.82, 2.24) is 14.5 Å². The molecule has 3 heterocycles. The van der Waals surface area contributed by atoms with E-state index in [2.05, 4.69) is 29.5 Å². The molecule has 0 amide bonds. The first-order valence-corrected chi connectivity index (χ1v) is 8.02. The number of rotatable bonds is 3. The van der Waals surface area contributed by atoms with E-state index in [-0.39, 0.29) is 0 Å². The highest BCUT2D eigenvalue weighted by Crippen LogP contribution is 2.23. The molecule has 2 aliphatic rings. The number of hydrogen-bond donors (Lipinski definition) is 0. The monoisotopic (exact) mass is 261 g/mol. The second-order valence-electron chi connectivity index (χ2n) is 6.55. The molecule has 1 fully saturated rings. The molecule has 2 unspecified atom stereocenters. The maximum atomic E-state index is 4.87. The molecule has 0 aromatic carbocycles. The van der Waals surface area contributed by atoms with E-state index in [1.165, 1.54) is 69.8 Å². The first-order valence-electron chi connectivity index (χ1n) is 8.02. The van der Waals surface area contributed by atoms with Crippen molar-refractivity contribution in [2.45, 2.75) is 52.5 Å². The van der Waals surface area contributed by atoms with E-state index in [0.29, 0.717) is 0 Å². The quantitative estimate of drug-likeness (QED) is 0.834. The zero-order chi connectivity index (χ0) is 13.2. The molecule has 3 rings (SSSR count). The third kappa shape index (κ3) is 3.02. The van der Waals surface area contributed by atoms with E-state index >= 15 is 0 Å². The van der Waals surface area contributed by atoms with Crippen molar-refractivity contribution in [2.75, 3.05) is 19.6 Å². The Morgan fingerprint density at radius 3 is 3.05 bits per heavy atom. The Hall–Kier alpha value is -0.830. The topological polar surface area (TPSA) is 21.1 Å². The van der Waals surface area contributed by atoms with Gasteiger partial charge in [0.1, 0.15) is 5.82 Å². The molecular formula is C16H27N3. The minimum atomic E-state index is 0.819. The van der Waals surface area contributed by atoms with Crippen molar-refractivity contribution in [3.8, 4) is 0 Å². The van der Waals surface area contributed by atoms with E-state index in [1.54, 1.807) is 0 Å². The maximum Gasteiger partial charge on any atom is 0.108 e. The van der Waals surface area contributed by atoms with Crippen molar-refractivity contribution in [1.29, 1.82) is 0 Å². The van der Waals surface area contributed by atoms with Crippen LogP contribution in [0.3, 0.4) is 0 Å². The summed E-state index contributed by atoms with van der Waals surface area (Å²) in [6.07, 6.45) is 8.75. The average molecular weight is 261 g/mol. The summed E-state index contributed by atoms with van der Waals surface area (Å²) < 4.78 is 2.41. The van der Waals surface area contributed by atoms with Gasteiger partial charge in [-0.1, -0.05) is 13.8 Å². The largest absolute Gasteiger partial charge is 0.334 e. The van der Waals surface area contributed by atoms with E-state index in [1.807, 2.05) is 0 Å². The summed E-state index contributed by atoms with van der Waals surface area (Å²) in [5.74, 6) is 2.97. The van der Waals surface area contributed by atoms with Gasteiger partial charge < -0.3 is 9.47 Å². The molecule has 0 radical (unpaired) electrons. The van der Waals surface area contributed by atoms with Crippen molar-refractivity contribution < 1.29 is 0 Å². The van der Waals surface area contributed by atoms with E-state index in [4.69, 9.17) is 4.98 Å². The highest BCUT2D eigenvalue weighted by molar-refractivity contribution is 5.08. The molecule has 0 N–H and O–H groups in total. The van der Waals surface area contributed by atoms with Gasteiger partial charge in [-0.15, -0.1) is 0 Å². The minimum Gasteiger partial charge on any atom is -0.334 e. The third-order valence-electron chi connectivity index (χ3n) is 4.83. The molecule has 106 valence electrons. The number of likely N-dealkylation sites (tertiary alicyclic amines) is 1. The van der Waals surface area contributed by atoms with Crippen molar-refractivity contribution in [2.24, 2.45) is 11.8 Å². The Morgan fingerprint density at radius 1 is 1.32 bits per heavy atom. The van der Waals surface area contributed by atoms with Crippen LogP contribution in [0.2, 0.25) is 0 Å². The van der Waals surface area contributed by atoms with Crippen molar-refractivity contribution in [3.05, 3.63) is 17.7 Å². The molecule has 2 atom stereocenters. The molecule has 19 heavy (non-hydrogen) atoms. The number of aryl methyl sites for hydroxylation is 1. The number of imidazole rings is 1. The molecule has 1 aromatic rings. The van der Waals surface area contributed by atoms with E-state index in [9.17, 15) is 0 Å². The molecule has 0 bridgehead atoms. The predicted octanol–water partition coefficient (Wildman–Crippen LogP) is 2.74. The van der Waals surface area contributed by atoms with Crippen LogP contribution in [0.5, 0.6) is 0 Å². The lowest BCUT2D eigenvalue weighted by molar-refractivity contribution is 0.181. The molecule has 1 saturated heterocycles. The summed E-state index contributed by atoms with van der Waals surface area (Å²) in [5, 5.41) is 0. The fraction of sp³-hybridized carbons (Fsp3) is 0.812. The Bertz CT molecular complexity index is 424. The van der Waals surface area contributed by atoms with Gasteiger partial charge >= 0.3 is 0 Å². The van der Waals surface area contributed by atoms with Crippen LogP contribution in [0.1, 0.15) is 44.6 Å². The second-order valence-corrected chi connectivity index (χ2v) is 6.55. The minimum absolute atomic E-state index is 0.819. The van der Waals surface area contributed by atoms with Crippen LogP contribution in [0, 0.1) is 11.8 Å². The van der Waals surface area contributed by atoms with Gasteiger partial charge in [0.05, 0.1) is 5.69 Å². The Morgan fingerprint density at radius 2 is 2.21 bits per heavy atom. The fourth-order valence-corrected chi connectivity index (χ4v) is 3.67. The molecule has 3 nitrogen and oxygen atoms in total. The first-order chi connectivity index (χ1) is 9.24. The van der Waals surface area contributed by atoms with Crippen LogP contribution in [-0.2, 0) is 19.4 Å². The number of piperidine rings is 1. The summed E-state index contributed by atoms with van der Waals surface area (Å²) in [6, 6.07) is 0. The highest BCUT2D eigenvalue weighted by atomic mass is 15.1. The number of aromatic nitrogens is 2. The van der Waals surface area contributed by atoms with Gasteiger partial charge in [-0.2, -0.15) is 0 Å². The van der Waals surface area contributed by atoms with Gasteiger partial charge in [0.25, 0.3) is 0 Å². The number of hydrogen-bond acceptors (Lipinski definition) is 2. The van der Waals surface area contributed by atoms with Crippen molar-refractivity contribution >= 4 is 0 Å². The SMILES string of the molecule is CCN1CCCC(Cc2cn3c(n2)CCC(C)C3)C1. The molecule has 0 spiro atoms. The average Bonchev–Trinajstić information content (AvgIpc) is 2.80. The third-order valence-corrected chi connectivity index (χ3v) is 4.83. The smallest absolute Gasteiger partial charge is 0.108 e. The summed E-state index contributed by atoms with van der Waals surface area (Å²) in [6.45, 7) is 9.57. The Kier molecular flexibility index (Phi) is 3.92. The van der Waals surface area contributed by atoms with Crippen molar-refractivity contribution in [3.63, 3.8) is 0 Å². The zero-order valence-electron chi connectivity index (χ0n) is 12.4. The predicted molar refractivity (Wildman–Crippen MR) is 78.3 cm³/mol. The molecule has 3 heteroatoms. The lowest BCUT2D eigenvalue weighted by Crippen LogP contribution is -2.35. The standard InChI is InChI=1S/C16H27N3/c1-3-18-8-4-5-14(11-18)9-15-12-19-10-13(2)6-7-16(19)17-15/h12-14H,3-11H2,1-2H3. The summed E-state index contributed by atoms with van der Waals surface area (Å²) in [5.41, 5.74) is 1.34. The van der Waals surface area contributed by atoms with Gasteiger partial charge in [0, 0.05) is 25.7 Å². The van der Waals surface area contributed by atoms with Crippen LogP contribution in [-0.4, -0.2) is 34.1 Å². The molecule has 2 aliphatic heterocycles. The lowest BCUT2D eigenvalue weighted by Gasteiger charge is -2.31. The Balaban J connectivity index is 1.64. The number of fused-ring (bicyclic) bond motifs is 1. The van der Waals surface area contributed by atoms with Crippen LogP contribution in [0.15, 0.2) is 6.20 Å². The first kappa shape index (κ1) is 13.2. The van der Waals surface area contributed by atoms with Gasteiger partial charge in [-0.25, -0.2) is 4.98 Å². The van der Waals surface area contributed by atoms with E-state index in [0.717, 1.165) is 11.8 Å². The number of nitrogens with zero attached hydrogens (tertiary/aromatic N) is 3. The van der Waals surface area contributed by atoms with Crippen LogP contribution < -0.4 is 0 Å². The molecule has 1 aromatic heterocycles. The summed E-state index contributed by atoms with van der Waals surface area (Å²) in [7, 11) is 0. The fourth-order valence-electron chi connectivity index (χ4n) is 3.67. The zero-order valence-corrected chi connectivity index (χ0v) is 12.4. The maximum absolute atomic E-state index is 4.87. The van der Waals surface area contributed by atoms with E-state index < -0.39 is 0 Å². The highest BCUT2D eigenvalue weighted by Gasteiger charge is 2.22. The van der Waals surface area contributed by atoms with Gasteiger partial charge in [-0.05, 0) is 50.6 Å². The second kappa shape index (κ2) is 5.66. The summed E-state index contributed by atoms with van der Waals surface area (Å²) >= 11 is 0. The Labute approximate surface area is 117 Å². The van der Waals surface area contributed by atoms with Gasteiger partial charge in [0.2, 0.25) is 0 Å². The van der Waals surface area contributed by atoms with Crippen LogP contribution in [0.25, 0.3) is 0 Å². The van der Waals surface area contributed by atoms with Gasteiger partial charge in [0.15, 0.2) is 0 Å². The van der Waals surface area contributed by atoms with Crippen LogP contribution in [0.4, 0.5) is 0 Å².